The number of benzene rings is 1. The van der Waals surface area contributed by atoms with Crippen LogP contribution in [0.1, 0.15) is 13.3 Å². The second kappa shape index (κ2) is 4.50. The van der Waals surface area contributed by atoms with E-state index < -0.39 is 11.6 Å². The lowest BCUT2D eigenvalue weighted by Crippen LogP contribution is -2.47. The minimum absolute atomic E-state index is 0.455. The van der Waals surface area contributed by atoms with Gasteiger partial charge in [0.1, 0.15) is 11.6 Å². The average molecular weight is 252 g/mol. The van der Waals surface area contributed by atoms with Gasteiger partial charge in [-0.05, 0) is 24.5 Å². The second-order valence-corrected chi connectivity index (χ2v) is 5.40. The van der Waals surface area contributed by atoms with Crippen LogP contribution >= 0.6 is 0 Å². The van der Waals surface area contributed by atoms with Gasteiger partial charge in [0.25, 0.3) is 0 Å². The van der Waals surface area contributed by atoms with Crippen molar-refractivity contribution >= 4 is 5.69 Å². The molecule has 1 aliphatic heterocycles. The van der Waals surface area contributed by atoms with Crippen LogP contribution in [0, 0.1) is 17.6 Å². The molecule has 0 spiro atoms. The van der Waals surface area contributed by atoms with Gasteiger partial charge in [-0.25, -0.2) is 8.78 Å². The highest BCUT2D eigenvalue weighted by atomic mass is 19.1. The van der Waals surface area contributed by atoms with Crippen LogP contribution in [0.5, 0.6) is 0 Å². The van der Waals surface area contributed by atoms with E-state index in [2.05, 4.69) is 11.8 Å². The number of halogens is 2. The van der Waals surface area contributed by atoms with Crippen molar-refractivity contribution in [2.45, 2.75) is 19.4 Å². The molecule has 0 bridgehead atoms. The Hall–Kier alpha value is -1.16. The highest BCUT2D eigenvalue weighted by Crippen LogP contribution is 2.35. The van der Waals surface area contributed by atoms with Gasteiger partial charge >= 0.3 is 0 Å². The summed E-state index contributed by atoms with van der Waals surface area (Å²) in [5.74, 6) is -0.149. The fraction of sp³-hybridized carbons (Fsp3) is 0.571. The van der Waals surface area contributed by atoms with Crippen LogP contribution in [0.4, 0.5) is 14.5 Å². The zero-order valence-corrected chi connectivity index (χ0v) is 10.6. The van der Waals surface area contributed by atoms with Gasteiger partial charge in [-0.15, -0.1) is 0 Å². The molecule has 1 aromatic carbocycles. The first-order valence-corrected chi connectivity index (χ1v) is 6.59. The molecule has 2 nitrogen and oxygen atoms in total. The molecule has 0 aromatic heterocycles. The summed E-state index contributed by atoms with van der Waals surface area (Å²) >= 11 is 0. The minimum Gasteiger partial charge on any atom is -0.367 e. The topological polar surface area (TPSA) is 6.48 Å². The van der Waals surface area contributed by atoms with Crippen molar-refractivity contribution < 1.29 is 8.78 Å². The minimum atomic E-state index is -0.512. The van der Waals surface area contributed by atoms with E-state index in [4.69, 9.17) is 0 Å². The maximum absolute atomic E-state index is 13.7. The molecule has 2 fully saturated rings. The lowest BCUT2D eigenvalue weighted by atomic mass is 10.2. The predicted octanol–water partition coefficient (Wildman–Crippen LogP) is 2.50. The number of nitrogens with zero attached hydrogens (tertiary/aromatic N) is 2. The van der Waals surface area contributed by atoms with Gasteiger partial charge in [0, 0.05) is 38.3 Å². The van der Waals surface area contributed by atoms with Gasteiger partial charge < -0.3 is 4.90 Å². The van der Waals surface area contributed by atoms with Gasteiger partial charge in [0.2, 0.25) is 0 Å². The molecule has 1 saturated carbocycles. The summed E-state index contributed by atoms with van der Waals surface area (Å²) in [7, 11) is 0. The highest BCUT2D eigenvalue weighted by molar-refractivity contribution is 5.48. The Kier molecular flexibility index (Phi) is 2.98. The van der Waals surface area contributed by atoms with Gasteiger partial charge in [0.15, 0.2) is 0 Å². The first-order chi connectivity index (χ1) is 8.65. The first kappa shape index (κ1) is 11.9. The number of hydrogen-bond donors (Lipinski definition) is 0. The van der Waals surface area contributed by atoms with E-state index in [0.29, 0.717) is 5.69 Å². The van der Waals surface area contributed by atoms with E-state index in [1.54, 1.807) is 6.07 Å². The molecule has 4 heteroatoms. The predicted molar refractivity (Wildman–Crippen MR) is 67.7 cm³/mol. The van der Waals surface area contributed by atoms with E-state index in [0.717, 1.165) is 44.2 Å². The van der Waals surface area contributed by atoms with Gasteiger partial charge in [-0.2, -0.15) is 0 Å². The summed E-state index contributed by atoms with van der Waals surface area (Å²) in [6.07, 6.45) is 1.30. The summed E-state index contributed by atoms with van der Waals surface area (Å²) in [6.45, 7) is 5.88. The Morgan fingerprint density at radius 1 is 1.11 bits per heavy atom. The molecule has 0 radical (unpaired) electrons. The third kappa shape index (κ3) is 2.21. The number of piperazine rings is 1. The second-order valence-electron chi connectivity index (χ2n) is 5.40. The fourth-order valence-electron chi connectivity index (χ4n) is 2.84. The van der Waals surface area contributed by atoms with Gasteiger partial charge in [-0.1, -0.05) is 6.92 Å². The Labute approximate surface area is 106 Å². The molecule has 2 aliphatic rings. The molecule has 3 rings (SSSR count). The van der Waals surface area contributed by atoms with Crippen molar-refractivity contribution in [3.8, 4) is 0 Å². The van der Waals surface area contributed by atoms with E-state index in [1.165, 1.54) is 12.5 Å². The van der Waals surface area contributed by atoms with Crippen LogP contribution in [0.15, 0.2) is 18.2 Å². The van der Waals surface area contributed by atoms with E-state index >= 15 is 0 Å². The van der Waals surface area contributed by atoms with E-state index in [9.17, 15) is 8.78 Å². The summed E-state index contributed by atoms with van der Waals surface area (Å²) in [4.78, 5) is 4.50. The Balaban J connectivity index is 1.65. The van der Waals surface area contributed by atoms with Crippen molar-refractivity contribution in [2.75, 3.05) is 31.1 Å². The van der Waals surface area contributed by atoms with Gasteiger partial charge in [-0.3, -0.25) is 4.90 Å². The summed E-state index contributed by atoms with van der Waals surface area (Å²) in [6, 6.07) is 4.57. The Morgan fingerprint density at radius 3 is 2.33 bits per heavy atom. The first-order valence-electron chi connectivity index (χ1n) is 6.59. The van der Waals surface area contributed by atoms with Crippen molar-refractivity contribution in [2.24, 2.45) is 5.92 Å². The van der Waals surface area contributed by atoms with Crippen molar-refractivity contribution in [3.63, 3.8) is 0 Å². The molecule has 0 N–H and O–H groups in total. The van der Waals surface area contributed by atoms with Crippen LogP contribution in [0.25, 0.3) is 0 Å². The SMILES string of the molecule is CC1CC1N1CCN(c2ccc(F)cc2F)CC1. The summed E-state index contributed by atoms with van der Waals surface area (Å²) in [5.41, 5.74) is 0.528. The van der Waals surface area contributed by atoms with Crippen molar-refractivity contribution in [1.29, 1.82) is 0 Å². The lowest BCUT2D eigenvalue weighted by molar-refractivity contribution is 0.238. The largest absolute Gasteiger partial charge is 0.367 e. The normalized spacial score (nSPS) is 28.5. The lowest BCUT2D eigenvalue weighted by Gasteiger charge is -2.36. The van der Waals surface area contributed by atoms with Crippen LogP contribution in [0.2, 0.25) is 0 Å². The molecule has 18 heavy (non-hydrogen) atoms. The molecule has 2 atom stereocenters. The molecular weight excluding hydrogens is 234 g/mol. The zero-order chi connectivity index (χ0) is 12.7. The summed E-state index contributed by atoms with van der Waals surface area (Å²) < 4.78 is 26.5. The smallest absolute Gasteiger partial charge is 0.149 e. The molecule has 1 aliphatic carbocycles. The summed E-state index contributed by atoms with van der Waals surface area (Å²) in [5, 5.41) is 0. The maximum atomic E-state index is 13.7. The highest BCUT2D eigenvalue weighted by Gasteiger charge is 2.39. The van der Waals surface area contributed by atoms with Gasteiger partial charge in [0.05, 0.1) is 5.69 Å². The molecule has 0 amide bonds. The molecule has 1 heterocycles. The Morgan fingerprint density at radius 2 is 1.78 bits per heavy atom. The van der Waals surface area contributed by atoms with Crippen LogP contribution in [0.3, 0.4) is 0 Å². The van der Waals surface area contributed by atoms with E-state index in [-0.39, 0.29) is 0 Å². The average Bonchev–Trinajstić information content (AvgIpc) is 3.07. The maximum Gasteiger partial charge on any atom is 0.149 e. The molecule has 2 unspecified atom stereocenters. The third-order valence-corrected chi connectivity index (χ3v) is 4.10. The quantitative estimate of drug-likeness (QED) is 0.798. The third-order valence-electron chi connectivity index (χ3n) is 4.10. The van der Waals surface area contributed by atoms with E-state index in [1.807, 2.05) is 4.90 Å². The number of rotatable bonds is 2. The van der Waals surface area contributed by atoms with Crippen LogP contribution < -0.4 is 4.90 Å². The zero-order valence-electron chi connectivity index (χ0n) is 10.6. The Bertz CT molecular complexity index is 441. The van der Waals surface area contributed by atoms with Crippen LogP contribution in [-0.4, -0.2) is 37.1 Å². The number of anilines is 1. The standard InChI is InChI=1S/C14H18F2N2/c1-10-8-14(10)18-6-4-17(5-7-18)13-3-2-11(15)9-12(13)16/h2-3,9-10,14H,4-8H2,1H3. The van der Waals surface area contributed by atoms with Crippen molar-refractivity contribution in [1.82, 2.24) is 4.90 Å². The van der Waals surface area contributed by atoms with Crippen LogP contribution in [-0.2, 0) is 0 Å². The molecule has 1 aromatic rings. The molecule has 1 saturated heterocycles. The number of hydrogen-bond acceptors (Lipinski definition) is 2. The molecular formula is C14H18F2N2. The fourth-order valence-corrected chi connectivity index (χ4v) is 2.84. The molecule has 98 valence electrons. The monoisotopic (exact) mass is 252 g/mol. The van der Waals surface area contributed by atoms with Crippen molar-refractivity contribution in [3.05, 3.63) is 29.8 Å².